The Morgan fingerprint density at radius 2 is 1.64 bits per heavy atom. The van der Waals surface area contributed by atoms with Crippen molar-refractivity contribution >= 4 is 5.91 Å². The minimum absolute atomic E-state index is 0.0478. The van der Waals surface area contributed by atoms with Crippen LogP contribution in [-0.4, -0.2) is 36.5 Å². The van der Waals surface area contributed by atoms with E-state index in [9.17, 15) is 4.79 Å². The molecule has 1 amide bonds. The molecule has 1 aliphatic rings. The third kappa shape index (κ3) is 4.93. The van der Waals surface area contributed by atoms with E-state index in [4.69, 9.17) is 0 Å². The second kappa shape index (κ2) is 8.82. The zero-order chi connectivity index (χ0) is 17.5. The molecule has 0 saturated carbocycles. The topological polar surface area (TPSA) is 32.3 Å². The highest BCUT2D eigenvalue weighted by Crippen LogP contribution is 2.19. The van der Waals surface area contributed by atoms with Crippen molar-refractivity contribution in [3.8, 4) is 11.1 Å². The lowest BCUT2D eigenvalue weighted by molar-refractivity contribution is 0.0911. The molecule has 1 aliphatic heterocycles. The van der Waals surface area contributed by atoms with E-state index in [1.165, 1.54) is 24.9 Å². The number of unbranched alkanes of at least 4 members (excludes halogenated alkanes) is 1. The monoisotopic (exact) mass is 336 g/mol. The lowest BCUT2D eigenvalue weighted by atomic mass is 10.0. The van der Waals surface area contributed by atoms with Crippen LogP contribution in [0.4, 0.5) is 0 Å². The lowest BCUT2D eigenvalue weighted by Gasteiger charge is -2.32. The molecule has 1 saturated heterocycles. The van der Waals surface area contributed by atoms with Crippen molar-refractivity contribution in [1.82, 2.24) is 10.2 Å². The largest absolute Gasteiger partial charge is 0.349 e. The highest BCUT2D eigenvalue weighted by atomic mass is 16.1. The zero-order valence-electron chi connectivity index (χ0n) is 15.1. The first-order valence-electron chi connectivity index (χ1n) is 9.45. The van der Waals surface area contributed by atoms with Crippen LogP contribution in [0.1, 0.15) is 43.0 Å². The number of rotatable bonds is 6. The summed E-state index contributed by atoms with van der Waals surface area (Å²) in [7, 11) is 0. The molecule has 3 heteroatoms. The van der Waals surface area contributed by atoms with E-state index in [-0.39, 0.29) is 5.91 Å². The Labute approximate surface area is 151 Å². The first-order chi connectivity index (χ1) is 12.3. The van der Waals surface area contributed by atoms with Crippen LogP contribution in [0.25, 0.3) is 11.1 Å². The summed E-state index contributed by atoms with van der Waals surface area (Å²) in [4.78, 5) is 15.0. The van der Waals surface area contributed by atoms with Gasteiger partial charge in [-0.25, -0.2) is 0 Å². The van der Waals surface area contributed by atoms with E-state index in [0.717, 1.165) is 37.1 Å². The van der Waals surface area contributed by atoms with Gasteiger partial charge in [0.25, 0.3) is 5.91 Å². The van der Waals surface area contributed by atoms with Crippen molar-refractivity contribution in [3.63, 3.8) is 0 Å². The number of carbonyl (C=O) groups excluding carboxylic acids is 1. The molecule has 0 bridgehead atoms. The quantitative estimate of drug-likeness (QED) is 0.850. The van der Waals surface area contributed by atoms with E-state index in [0.29, 0.717) is 6.04 Å². The van der Waals surface area contributed by atoms with Gasteiger partial charge in [-0.15, -0.1) is 0 Å². The Morgan fingerprint density at radius 1 is 1.00 bits per heavy atom. The zero-order valence-corrected chi connectivity index (χ0v) is 15.1. The number of nitrogens with one attached hydrogen (secondary N) is 1. The average Bonchev–Trinajstić information content (AvgIpc) is 2.68. The molecule has 0 spiro atoms. The van der Waals surface area contributed by atoms with Crippen molar-refractivity contribution in [1.29, 1.82) is 0 Å². The number of benzene rings is 2. The summed E-state index contributed by atoms with van der Waals surface area (Å²) in [6.45, 7) is 5.62. The molecule has 2 aromatic rings. The van der Waals surface area contributed by atoms with E-state index >= 15 is 0 Å². The van der Waals surface area contributed by atoms with Crippen LogP contribution in [0.5, 0.6) is 0 Å². The molecular formula is C22H28N2O. The first kappa shape index (κ1) is 17.7. The molecule has 1 N–H and O–H groups in total. The van der Waals surface area contributed by atoms with Crippen molar-refractivity contribution in [2.45, 2.75) is 38.6 Å². The number of nitrogens with zero attached hydrogens (tertiary/aromatic N) is 1. The molecule has 0 unspecified atom stereocenters. The number of amides is 1. The van der Waals surface area contributed by atoms with Crippen LogP contribution >= 0.6 is 0 Å². The number of likely N-dealkylation sites (tertiary alicyclic amines) is 1. The first-order valence-corrected chi connectivity index (χ1v) is 9.45. The molecule has 0 radical (unpaired) electrons. The minimum atomic E-state index is 0.0478. The highest BCUT2D eigenvalue weighted by Gasteiger charge is 2.20. The second-order valence-electron chi connectivity index (χ2n) is 6.89. The Kier molecular flexibility index (Phi) is 6.24. The predicted molar refractivity (Wildman–Crippen MR) is 104 cm³/mol. The summed E-state index contributed by atoms with van der Waals surface area (Å²) in [5.74, 6) is 0.0478. The molecular weight excluding hydrogens is 308 g/mol. The third-order valence-corrected chi connectivity index (χ3v) is 5.00. The molecule has 2 aromatic carbocycles. The maximum Gasteiger partial charge on any atom is 0.251 e. The van der Waals surface area contributed by atoms with E-state index in [1.54, 1.807) is 0 Å². The molecule has 25 heavy (non-hydrogen) atoms. The standard InChI is InChI=1S/C22H28N2O/c1-2-3-15-24-16-13-21(14-17-24)23-22(25)20-11-9-19(10-12-20)18-7-5-4-6-8-18/h4-12,21H,2-3,13-17H2,1H3,(H,23,25). The summed E-state index contributed by atoms with van der Waals surface area (Å²) < 4.78 is 0. The smallest absolute Gasteiger partial charge is 0.251 e. The molecule has 1 fully saturated rings. The Hall–Kier alpha value is -2.13. The van der Waals surface area contributed by atoms with Crippen LogP contribution < -0.4 is 5.32 Å². The van der Waals surface area contributed by atoms with Gasteiger partial charge in [-0.3, -0.25) is 4.79 Å². The number of hydrogen-bond acceptors (Lipinski definition) is 2. The van der Waals surface area contributed by atoms with Gasteiger partial charge in [0.2, 0.25) is 0 Å². The van der Waals surface area contributed by atoms with Gasteiger partial charge in [-0.05, 0) is 49.1 Å². The molecule has 3 nitrogen and oxygen atoms in total. The van der Waals surface area contributed by atoms with Crippen LogP contribution in [0.3, 0.4) is 0 Å². The van der Waals surface area contributed by atoms with Gasteiger partial charge in [0.05, 0.1) is 0 Å². The predicted octanol–water partition coefficient (Wildman–Crippen LogP) is 4.35. The summed E-state index contributed by atoms with van der Waals surface area (Å²) in [6, 6.07) is 18.4. The molecule has 0 aromatic heterocycles. The van der Waals surface area contributed by atoms with Gasteiger partial charge >= 0.3 is 0 Å². The van der Waals surface area contributed by atoms with Gasteiger partial charge in [0.1, 0.15) is 0 Å². The minimum Gasteiger partial charge on any atom is -0.349 e. The molecule has 1 heterocycles. The number of carbonyl (C=O) groups is 1. The van der Waals surface area contributed by atoms with Crippen LogP contribution in [0.2, 0.25) is 0 Å². The van der Waals surface area contributed by atoms with Gasteiger partial charge < -0.3 is 10.2 Å². The Morgan fingerprint density at radius 3 is 2.28 bits per heavy atom. The Balaban J connectivity index is 1.52. The third-order valence-electron chi connectivity index (χ3n) is 5.00. The lowest BCUT2D eigenvalue weighted by Crippen LogP contribution is -2.44. The fourth-order valence-corrected chi connectivity index (χ4v) is 3.40. The summed E-state index contributed by atoms with van der Waals surface area (Å²) in [5, 5.41) is 3.21. The van der Waals surface area contributed by atoms with Crippen molar-refractivity contribution in [2.24, 2.45) is 0 Å². The van der Waals surface area contributed by atoms with Crippen molar-refractivity contribution in [2.75, 3.05) is 19.6 Å². The fourth-order valence-electron chi connectivity index (χ4n) is 3.40. The van der Waals surface area contributed by atoms with Crippen LogP contribution in [0.15, 0.2) is 54.6 Å². The molecule has 132 valence electrons. The normalized spacial score (nSPS) is 15.9. The molecule has 0 atom stereocenters. The molecule has 3 rings (SSSR count). The van der Waals surface area contributed by atoms with Gasteiger partial charge in [0.15, 0.2) is 0 Å². The average molecular weight is 336 g/mol. The van der Waals surface area contributed by atoms with Crippen LogP contribution in [0, 0.1) is 0 Å². The van der Waals surface area contributed by atoms with Gasteiger partial charge in [-0.2, -0.15) is 0 Å². The number of hydrogen-bond donors (Lipinski definition) is 1. The van der Waals surface area contributed by atoms with Crippen molar-refractivity contribution in [3.05, 3.63) is 60.2 Å². The SMILES string of the molecule is CCCCN1CCC(NC(=O)c2ccc(-c3ccccc3)cc2)CC1. The maximum absolute atomic E-state index is 12.5. The Bertz CT molecular complexity index is 658. The van der Waals surface area contributed by atoms with E-state index in [2.05, 4.69) is 29.3 Å². The van der Waals surface area contributed by atoms with Gasteiger partial charge in [0, 0.05) is 24.7 Å². The highest BCUT2D eigenvalue weighted by molar-refractivity contribution is 5.94. The van der Waals surface area contributed by atoms with Crippen LogP contribution in [-0.2, 0) is 0 Å². The molecule has 0 aliphatic carbocycles. The second-order valence-corrected chi connectivity index (χ2v) is 6.89. The summed E-state index contributed by atoms with van der Waals surface area (Å²) >= 11 is 0. The number of piperidine rings is 1. The van der Waals surface area contributed by atoms with E-state index in [1.807, 2.05) is 42.5 Å². The maximum atomic E-state index is 12.5. The fraction of sp³-hybridized carbons (Fsp3) is 0.409. The summed E-state index contributed by atoms with van der Waals surface area (Å²) in [5.41, 5.74) is 3.06. The summed E-state index contributed by atoms with van der Waals surface area (Å²) in [6.07, 6.45) is 4.62. The van der Waals surface area contributed by atoms with Crippen molar-refractivity contribution < 1.29 is 4.79 Å². The van der Waals surface area contributed by atoms with Gasteiger partial charge in [-0.1, -0.05) is 55.8 Å². The van der Waals surface area contributed by atoms with E-state index < -0.39 is 0 Å².